The molecule has 0 atom stereocenters. The van der Waals surface area contributed by atoms with Crippen molar-refractivity contribution in [2.24, 2.45) is 10.9 Å². The number of nitrogens with one attached hydrogen (secondary N) is 2. The summed E-state index contributed by atoms with van der Waals surface area (Å²) in [6.07, 6.45) is 3.83. The summed E-state index contributed by atoms with van der Waals surface area (Å²) in [6.45, 7) is 3.27. The fourth-order valence-corrected chi connectivity index (χ4v) is 3.21. The van der Waals surface area contributed by atoms with E-state index < -0.39 is 0 Å². The van der Waals surface area contributed by atoms with Crippen LogP contribution in [-0.2, 0) is 9.53 Å². The monoisotopic (exact) mass is 424 g/mol. The number of benzene rings is 1. The zero-order valence-electron chi connectivity index (χ0n) is 15.6. The SMILES string of the molecule is CN=C(NCCC(=O)Nc1ccc(Br)cc1)N(C)CCC1CCOCC1. The first-order valence-corrected chi connectivity index (χ1v) is 9.92. The minimum Gasteiger partial charge on any atom is -0.381 e. The lowest BCUT2D eigenvalue weighted by molar-refractivity contribution is -0.116. The molecule has 0 bridgehead atoms. The van der Waals surface area contributed by atoms with Crippen molar-refractivity contribution in [3.63, 3.8) is 0 Å². The van der Waals surface area contributed by atoms with Crippen LogP contribution in [0.4, 0.5) is 5.69 Å². The van der Waals surface area contributed by atoms with Gasteiger partial charge in [-0.3, -0.25) is 9.79 Å². The topological polar surface area (TPSA) is 66.0 Å². The van der Waals surface area contributed by atoms with Gasteiger partial charge in [-0.05, 0) is 49.4 Å². The number of aliphatic imine (C=N–C) groups is 1. The predicted octanol–water partition coefficient (Wildman–Crippen LogP) is 3.10. The van der Waals surface area contributed by atoms with Crippen molar-refractivity contribution in [2.75, 3.05) is 45.7 Å². The summed E-state index contributed by atoms with van der Waals surface area (Å²) in [6, 6.07) is 7.56. The molecule has 1 aliphatic rings. The lowest BCUT2D eigenvalue weighted by Crippen LogP contribution is -2.41. The first-order valence-electron chi connectivity index (χ1n) is 9.13. The average molecular weight is 425 g/mol. The molecule has 0 aromatic heterocycles. The summed E-state index contributed by atoms with van der Waals surface area (Å²) in [7, 11) is 3.81. The second kappa shape index (κ2) is 11.2. The van der Waals surface area contributed by atoms with Crippen LogP contribution in [0.2, 0.25) is 0 Å². The van der Waals surface area contributed by atoms with Gasteiger partial charge in [-0.15, -0.1) is 0 Å². The Kier molecular flexibility index (Phi) is 8.91. The van der Waals surface area contributed by atoms with Crippen molar-refractivity contribution >= 4 is 33.5 Å². The normalized spacial score (nSPS) is 15.6. The number of hydrogen-bond acceptors (Lipinski definition) is 3. The van der Waals surface area contributed by atoms with Crippen molar-refractivity contribution in [2.45, 2.75) is 25.7 Å². The number of carbonyl (C=O) groups excluding carboxylic acids is 1. The summed E-state index contributed by atoms with van der Waals surface area (Å²) in [4.78, 5) is 18.5. The van der Waals surface area contributed by atoms with Crippen molar-refractivity contribution in [1.29, 1.82) is 0 Å². The van der Waals surface area contributed by atoms with Gasteiger partial charge in [0, 0.05) is 57.0 Å². The molecule has 0 aliphatic carbocycles. The molecule has 7 heteroatoms. The van der Waals surface area contributed by atoms with Crippen LogP contribution in [0.25, 0.3) is 0 Å². The van der Waals surface area contributed by atoms with Gasteiger partial charge < -0.3 is 20.3 Å². The number of hydrogen-bond donors (Lipinski definition) is 2. The molecule has 1 aromatic carbocycles. The number of ether oxygens (including phenoxy) is 1. The quantitative estimate of drug-likeness (QED) is 0.521. The molecule has 26 heavy (non-hydrogen) atoms. The van der Waals surface area contributed by atoms with E-state index in [4.69, 9.17) is 4.74 Å². The molecule has 1 saturated heterocycles. The van der Waals surface area contributed by atoms with E-state index in [0.29, 0.717) is 13.0 Å². The van der Waals surface area contributed by atoms with Gasteiger partial charge in [-0.25, -0.2) is 0 Å². The van der Waals surface area contributed by atoms with Gasteiger partial charge in [0.2, 0.25) is 5.91 Å². The standard InChI is InChI=1S/C19H29BrN4O2/c1-21-19(24(2)12-8-15-9-13-26-14-10-15)22-11-7-18(25)23-17-5-3-16(20)4-6-17/h3-6,15H,7-14H2,1-2H3,(H,21,22)(H,23,25). The Bertz CT molecular complexity index is 586. The van der Waals surface area contributed by atoms with Gasteiger partial charge >= 0.3 is 0 Å². The Morgan fingerprint density at radius 2 is 2.00 bits per heavy atom. The Hall–Kier alpha value is -1.60. The molecule has 1 fully saturated rings. The highest BCUT2D eigenvalue weighted by atomic mass is 79.9. The van der Waals surface area contributed by atoms with Gasteiger partial charge in [0.1, 0.15) is 0 Å². The van der Waals surface area contributed by atoms with Crippen LogP contribution < -0.4 is 10.6 Å². The van der Waals surface area contributed by atoms with Gasteiger partial charge in [0.05, 0.1) is 0 Å². The van der Waals surface area contributed by atoms with E-state index >= 15 is 0 Å². The highest BCUT2D eigenvalue weighted by molar-refractivity contribution is 9.10. The van der Waals surface area contributed by atoms with E-state index in [1.54, 1.807) is 7.05 Å². The smallest absolute Gasteiger partial charge is 0.226 e. The Labute approximate surface area is 164 Å². The molecule has 1 aliphatic heterocycles. The van der Waals surface area contributed by atoms with E-state index in [9.17, 15) is 4.79 Å². The van der Waals surface area contributed by atoms with Crippen LogP contribution in [0.1, 0.15) is 25.7 Å². The Balaban J connectivity index is 1.66. The summed E-state index contributed by atoms with van der Waals surface area (Å²) in [5.41, 5.74) is 0.802. The summed E-state index contributed by atoms with van der Waals surface area (Å²) in [5, 5.41) is 6.16. The van der Waals surface area contributed by atoms with Crippen LogP contribution in [-0.4, -0.2) is 57.2 Å². The molecule has 1 aromatic rings. The van der Waals surface area contributed by atoms with Crippen LogP contribution in [0.15, 0.2) is 33.7 Å². The molecule has 0 spiro atoms. The number of nitrogens with zero attached hydrogens (tertiary/aromatic N) is 2. The fourth-order valence-electron chi connectivity index (χ4n) is 2.95. The lowest BCUT2D eigenvalue weighted by atomic mass is 9.96. The van der Waals surface area contributed by atoms with Crippen molar-refractivity contribution in [1.82, 2.24) is 10.2 Å². The largest absolute Gasteiger partial charge is 0.381 e. The van der Waals surface area contributed by atoms with E-state index in [0.717, 1.165) is 61.1 Å². The zero-order valence-corrected chi connectivity index (χ0v) is 17.2. The highest BCUT2D eigenvalue weighted by Gasteiger charge is 2.15. The van der Waals surface area contributed by atoms with Gasteiger partial charge in [-0.1, -0.05) is 15.9 Å². The molecule has 2 rings (SSSR count). The van der Waals surface area contributed by atoms with Crippen molar-refractivity contribution in [3.8, 4) is 0 Å². The number of carbonyl (C=O) groups is 1. The molecule has 0 saturated carbocycles. The minimum absolute atomic E-state index is 0.0138. The molecule has 1 heterocycles. The maximum atomic E-state index is 12.0. The molecule has 6 nitrogen and oxygen atoms in total. The fraction of sp³-hybridized carbons (Fsp3) is 0.579. The third kappa shape index (κ3) is 7.33. The number of guanidine groups is 1. The summed E-state index contributed by atoms with van der Waals surface area (Å²) < 4.78 is 6.40. The van der Waals surface area contributed by atoms with Gasteiger partial charge in [0.25, 0.3) is 0 Å². The third-order valence-corrected chi connectivity index (χ3v) is 5.08. The first-order chi connectivity index (χ1) is 12.6. The minimum atomic E-state index is -0.0138. The second-order valence-corrected chi connectivity index (χ2v) is 7.46. The average Bonchev–Trinajstić information content (AvgIpc) is 2.66. The number of amides is 1. The van der Waals surface area contributed by atoms with Gasteiger partial charge in [-0.2, -0.15) is 0 Å². The number of anilines is 1. The van der Waals surface area contributed by atoms with Crippen molar-refractivity contribution in [3.05, 3.63) is 28.7 Å². The summed E-state index contributed by atoms with van der Waals surface area (Å²) >= 11 is 3.38. The number of rotatable bonds is 7. The lowest BCUT2D eigenvalue weighted by Gasteiger charge is -2.26. The van der Waals surface area contributed by atoms with Crippen LogP contribution in [0.3, 0.4) is 0 Å². The molecule has 0 radical (unpaired) electrons. The van der Waals surface area contributed by atoms with Gasteiger partial charge in [0.15, 0.2) is 5.96 Å². The second-order valence-electron chi connectivity index (χ2n) is 6.55. The van der Waals surface area contributed by atoms with Crippen LogP contribution >= 0.6 is 15.9 Å². The summed E-state index contributed by atoms with van der Waals surface area (Å²) in [5.74, 6) is 1.55. The predicted molar refractivity (Wildman–Crippen MR) is 110 cm³/mol. The van der Waals surface area contributed by atoms with Crippen LogP contribution in [0.5, 0.6) is 0 Å². The maximum Gasteiger partial charge on any atom is 0.226 e. The van der Waals surface area contributed by atoms with E-state index in [1.165, 1.54) is 0 Å². The first kappa shape index (κ1) is 20.7. The molecule has 0 unspecified atom stereocenters. The third-order valence-electron chi connectivity index (χ3n) is 4.55. The molecular formula is C19H29BrN4O2. The van der Waals surface area contributed by atoms with E-state index in [2.05, 4.69) is 36.5 Å². The molecule has 144 valence electrons. The molecular weight excluding hydrogens is 396 g/mol. The molecule has 2 N–H and O–H groups in total. The molecule has 1 amide bonds. The zero-order chi connectivity index (χ0) is 18.8. The maximum absolute atomic E-state index is 12.0. The highest BCUT2D eigenvalue weighted by Crippen LogP contribution is 2.18. The van der Waals surface area contributed by atoms with Crippen molar-refractivity contribution < 1.29 is 9.53 Å². The van der Waals surface area contributed by atoms with E-state index in [-0.39, 0.29) is 5.91 Å². The Morgan fingerprint density at radius 1 is 1.31 bits per heavy atom. The Morgan fingerprint density at radius 3 is 2.65 bits per heavy atom. The van der Waals surface area contributed by atoms with Crippen LogP contribution in [0, 0.1) is 5.92 Å². The van der Waals surface area contributed by atoms with E-state index in [1.807, 2.05) is 31.3 Å². The number of halogens is 1.